The lowest BCUT2D eigenvalue weighted by Gasteiger charge is -2.14. The number of aryl methyl sites for hydroxylation is 2. The van der Waals surface area contributed by atoms with Crippen molar-refractivity contribution in [3.05, 3.63) is 47.9 Å². The van der Waals surface area contributed by atoms with Crippen LogP contribution in [-0.4, -0.2) is 26.4 Å². The number of nitrogens with zero attached hydrogens (tertiary/aromatic N) is 2. The SMILES string of the molecule is CCCCCCCCCc1cnc(-c2ccc(CCC(C)C(Cl)C(=O)O)cc2)cn1. The number of benzene rings is 1. The number of unbranched alkanes of at least 4 members (excludes halogenated alkanes) is 6. The Morgan fingerprint density at radius 1 is 0.967 bits per heavy atom. The summed E-state index contributed by atoms with van der Waals surface area (Å²) in [6, 6.07) is 8.24. The molecule has 1 aromatic carbocycles. The van der Waals surface area contributed by atoms with Gasteiger partial charge >= 0.3 is 5.97 Å². The van der Waals surface area contributed by atoms with E-state index in [1.54, 1.807) is 0 Å². The number of carboxylic acids is 1. The Bertz CT molecular complexity index is 747. The molecule has 2 aromatic rings. The fourth-order valence-corrected chi connectivity index (χ4v) is 3.65. The fourth-order valence-electron chi connectivity index (χ4n) is 3.52. The fraction of sp³-hybridized carbons (Fsp3) is 0.560. The summed E-state index contributed by atoms with van der Waals surface area (Å²) >= 11 is 5.90. The smallest absolute Gasteiger partial charge is 0.321 e. The Balaban J connectivity index is 1.77. The van der Waals surface area contributed by atoms with Crippen molar-refractivity contribution in [3.8, 4) is 11.3 Å². The van der Waals surface area contributed by atoms with E-state index in [1.807, 2.05) is 19.3 Å². The van der Waals surface area contributed by atoms with Gasteiger partial charge in [0, 0.05) is 11.8 Å². The minimum atomic E-state index is -0.950. The van der Waals surface area contributed by atoms with Gasteiger partial charge in [-0.05, 0) is 37.2 Å². The van der Waals surface area contributed by atoms with E-state index in [1.165, 1.54) is 50.5 Å². The number of aromatic nitrogens is 2. The van der Waals surface area contributed by atoms with Gasteiger partial charge in [-0.15, -0.1) is 11.6 Å². The van der Waals surface area contributed by atoms with Crippen LogP contribution in [0.15, 0.2) is 36.7 Å². The quantitative estimate of drug-likeness (QED) is 0.267. The lowest BCUT2D eigenvalue weighted by molar-refractivity contribution is -0.137. The highest BCUT2D eigenvalue weighted by Gasteiger charge is 2.21. The van der Waals surface area contributed by atoms with Crippen LogP contribution in [0, 0.1) is 5.92 Å². The molecular formula is C25H35ClN2O2. The molecule has 30 heavy (non-hydrogen) atoms. The number of rotatable bonds is 14. The van der Waals surface area contributed by atoms with Crippen LogP contribution < -0.4 is 0 Å². The van der Waals surface area contributed by atoms with Gasteiger partial charge in [0.25, 0.3) is 0 Å². The van der Waals surface area contributed by atoms with Crippen LogP contribution in [-0.2, 0) is 17.6 Å². The van der Waals surface area contributed by atoms with Crippen molar-refractivity contribution in [1.82, 2.24) is 9.97 Å². The van der Waals surface area contributed by atoms with E-state index in [9.17, 15) is 4.79 Å². The Labute approximate surface area is 186 Å². The van der Waals surface area contributed by atoms with E-state index in [2.05, 4.69) is 41.2 Å². The minimum absolute atomic E-state index is 0.0707. The van der Waals surface area contributed by atoms with E-state index in [4.69, 9.17) is 16.7 Å². The average molecular weight is 431 g/mol. The van der Waals surface area contributed by atoms with E-state index in [-0.39, 0.29) is 5.92 Å². The zero-order valence-electron chi connectivity index (χ0n) is 18.3. The summed E-state index contributed by atoms with van der Waals surface area (Å²) in [5.74, 6) is -1.02. The molecule has 1 N–H and O–H groups in total. The second-order valence-electron chi connectivity index (χ2n) is 8.22. The topological polar surface area (TPSA) is 63.1 Å². The molecule has 0 aliphatic rings. The number of alkyl halides is 1. The largest absolute Gasteiger partial charge is 0.480 e. The molecule has 0 amide bonds. The van der Waals surface area contributed by atoms with Crippen LogP contribution in [0.5, 0.6) is 0 Å². The lowest BCUT2D eigenvalue weighted by Crippen LogP contribution is -2.22. The molecule has 0 fully saturated rings. The third kappa shape index (κ3) is 8.43. The Morgan fingerprint density at radius 3 is 2.23 bits per heavy atom. The highest BCUT2D eigenvalue weighted by atomic mass is 35.5. The summed E-state index contributed by atoms with van der Waals surface area (Å²) in [6.07, 6.45) is 15.4. The second-order valence-corrected chi connectivity index (χ2v) is 8.69. The standard InChI is InChI=1S/C25H35ClN2O2/c1-3-4-5-6-7-8-9-10-22-17-28-23(18-27-22)21-15-13-20(14-16-21)12-11-19(2)24(26)25(29)30/h13-19,24H,3-12H2,1-2H3,(H,29,30). The normalized spacial score (nSPS) is 13.2. The maximum atomic E-state index is 11.0. The van der Waals surface area contributed by atoms with Gasteiger partial charge in [0.1, 0.15) is 5.38 Å². The monoisotopic (exact) mass is 430 g/mol. The molecule has 2 atom stereocenters. The zero-order valence-corrected chi connectivity index (χ0v) is 19.1. The Morgan fingerprint density at radius 2 is 1.63 bits per heavy atom. The molecule has 1 heterocycles. The van der Waals surface area contributed by atoms with Crippen molar-refractivity contribution in [2.45, 2.75) is 83.4 Å². The van der Waals surface area contributed by atoms with Gasteiger partial charge in [0.05, 0.1) is 17.6 Å². The number of carbonyl (C=O) groups is 1. The van der Waals surface area contributed by atoms with Gasteiger partial charge in [-0.2, -0.15) is 0 Å². The number of carboxylic acid groups (broad SMARTS) is 1. The summed E-state index contributed by atoms with van der Waals surface area (Å²) in [4.78, 5) is 20.1. The molecule has 0 saturated carbocycles. The predicted molar refractivity (Wildman–Crippen MR) is 124 cm³/mol. The maximum Gasteiger partial charge on any atom is 0.321 e. The summed E-state index contributed by atoms with van der Waals surface area (Å²) < 4.78 is 0. The van der Waals surface area contributed by atoms with Gasteiger partial charge in [-0.3, -0.25) is 14.8 Å². The van der Waals surface area contributed by atoms with Gasteiger partial charge in [-0.1, -0.05) is 76.6 Å². The Kier molecular flexibility index (Phi) is 10.9. The lowest BCUT2D eigenvalue weighted by atomic mass is 9.97. The molecule has 0 aliphatic carbocycles. The van der Waals surface area contributed by atoms with Crippen LogP contribution in [0.1, 0.15) is 76.5 Å². The molecule has 0 radical (unpaired) electrons. The number of hydrogen-bond donors (Lipinski definition) is 1. The number of halogens is 1. The molecule has 0 bridgehead atoms. The minimum Gasteiger partial charge on any atom is -0.480 e. The van der Waals surface area contributed by atoms with Gasteiger partial charge in [-0.25, -0.2) is 0 Å². The van der Waals surface area contributed by atoms with Gasteiger partial charge in [0.15, 0.2) is 0 Å². The van der Waals surface area contributed by atoms with E-state index in [0.29, 0.717) is 0 Å². The summed E-state index contributed by atoms with van der Waals surface area (Å²) in [5.41, 5.74) is 4.16. The molecule has 164 valence electrons. The van der Waals surface area contributed by atoms with Crippen molar-refractivity contribution in [1.29, 1.82) is 0 Å². The molecule has 0 aliphatic heterocycles. The highest BCUT2D eigenvalue weighted by molar-refractivity contribution is 6.29. The molecule has 2 rings (SSSR count). The first-order valence-electron chi connectivity index (χ1n) is 11.3. The van der Waals surface area contributed by atoms with Gasteiger partial charge < -0.3 is 5.11 Å². The van der Waals surface area contributed by atoms with Crippen molar-refractivity contribution < 1.29 is 9.90 Å². The van der Waals surface area contributed by atoms with Crippen LogP contribution >= 0.6 is 11.6 Å². The van der Waals surface area contributed by atoms with Gasteiger partial charge in [0.2, 0.25) is 0 Å². The van der Waals surface area contributed by atoms with Crippen LogP contribution in [0.4, 0.5) is 0 Å². The molecule has 5 heteroatoms. The average Bonchev–Trinajstić information content (AvgIpc) is 2.77. The van der Waals surface area contributed by atoms with Crippen molar-refractivity contribution in [3.63, 3.8) is 0 Å². The van der Waals surface area contributed by atoms with Crippen molar-refractivity contribution >= 4 is 17.6 Å². The first-order valence-corrected chi connectivity index (χ1v) is 11.7. The molecule has 0 saturated heterocycles. The molecule has 2 unspecified atom stereocenters. The highest BCUT2D eigenvalue weighted by Crippen LogP contribution is 2.21. The maximum absolute atomic E-state index is 11.0. The predicted octanol–water partition coefficient (Wildman–Crippen LogP) is 6.70. The second kappa shape index (κ2) is 13.4. The Hall–Kier alpha value is -1.94. The third-order valence-corrected chi connectivity index (χ3v) is 6.23. The first kappa shape index (κ1) is 24.3. The van der Waals surface area contributed by atoms with E-state index < -0.39 is 11.3 Å². The summed E-state index contributed by atoms with van der Waals surface area (Å²) in [7, 11) is 0. The zero-order chi connectivity index (χ0) is 21.8. The van der Waals surface area contributed by atoms with Crippen LogP contribution in [0.2, 0.25) is 0 Å². The summed E-state index contributed by atoms with van der Waals surface area (Å²) in [6.45, 7) is 4.13. The summed E-state index contributed by atoms with van der Waals surface area (Å²) in [5, 5.41) is 8.15. The van der Waals surface area contributed by atoms with E-state index >= 15 is 0 Å². The number of aliphatic carboxylic acids is 1. The molecule has 1 aromatic heterocycles. The number of hydrogen-bond acceptors (Lipinski definition) is 3. The first-order chi connectivity index (χ1) is 14.5. The van der Waals surface area contributed by atoms with Crippen LogP contribution in [0.25, 0.3) is 11.3 Å². The molecule has 0 spiro atoms. The van der Waals surface area contributed by atoms with Crippen molar-refractivity contribution in [2.75, 3.05) is 0 Å². The molecular weight excluding hydrogens is 396 g/mol. The van der Waals surface area contributed by atoms with Crippen LogP contribution in [0.3, 0.4) is 0 Å². The van der Waals surface area contributed by atoms with Crippen molar-refractivity contribution in [2.24, 2.45) is 5.92 Å². The third-order valence-electron chi connectivity index (χ3n) is 5.62. The van der Waals surface area contributed by atoms with E-state index in [0.717, 1.165) is 36.2 Å². The molecule has 4 nitrogen and oxygen atoms in total.